The molecule has 0 bridgehead atoms. The Morgan fingerprint density at radius 1 is 1.43 bits per heavy atom. The Morgan fingerprint density at radius 3 is 2.43 bits per heavy atom. The van der Waals surface area contributed by atoms with Crippen LogP contribution < -0.4 is 11.1 Å². The number of hydrogen-bond donors (Lipinski definition) is 2. The molecule has 0 heterocycles. The highest BCUT2D eigenvalue weighted by molar-refractivity contribution is 5.81. The van der Waals surface area contributed by atoms with Gasteiger partial charge in [0.1, 0.15) is 0 Å². The molecule has 0 saturated heterocycles. The van der Waals surface area contributed by atoms with E-state index in [-0.39, 0.29) is 11.9 Å². The first-order valence-corrected chi connectivity index (χ1v) is 5.56. The summed E-state index contributed by atoms with van der Waals surface area (Å²) in [4.78, 5) is 11.6. The highest BCUT2D eigenvalue weighted by atomic mass is 16.2. The second-order valence-corrected chi connectivity index (χ2v) is 4.87. The van der Waals surface area contributed by atoms with Crippen LogP contribution in [0.1, 0.15) is 40.0 Å². The van der Waals surface area contributed by atoms with Crippen molar-refractivity contribution in [1.82, 2.24) is 5.32 Å². The number of rotatable bonds is 5. The van der Waals surface area contributed by atoms with Gasteiger partial charge in [0, 0.05) is 6.04 Å². The van der Waals surface area contributed by atoms with Gasteiger partial charge < -0.3 is 11.1 Å². The first kappa shape index (κ1) is 11.5. The molecule has 1 aliphatic carbocycles. The fourth-order valence-electron chi connectivity index (χ4n) is 1.66. The molecule has 0 aromatic rings. The maximum atomic E-state index is 11.6. The molecule has 82 valence electrons. The lowest BCUT2D eigenvalue weighted by molar-refractivity contribution is -0.123. The largest absolute Gasteiger partial charge is 0.352 e. The monoisotopic (exact) mass is 198 g/mol. The molecule has 3 N–H and O–H groups in total. The summed E-state index contributed by atoms with van der Waals surface area (Å²) in [6, 6.07) is -0.0306. The smallest absolute Gasteiger partial charge is 0.237 e. The summed E-state index contributed by atoms with van der Waals surface area (Å²) in [7, 11) is 0. The van der Waals surface area contributed by atoms with Gasteiger partial charge in [-0.05, 0) is 38.0 Å². The maximum Gasteiger partial charge on any atom is 0.237 e. The molecule has 0 radical (unpaired) electrons. The van der Waals surface area contributed by atoms with Gasteiger partial charge in [0.25, 0.3) is 0 Å². The Hall–Kier alpha value is -0.570. The minimum absolute atomic E-state index is 0.0121. The zero-order valence-electron chi connectivity index (χ0n) is 9.42. The van der Waals surface area contributed by atoms with Gasteiger partial charge in [-0.1, -0.05) is 13.8 Å². The molecule has 0 aromatic carbocycles. The molecule has 14 heavy (non-hydrogen) atoms. The molecular weight excluding hydrogens is 176 g/mol. The summed E-state index contributed by atoms with van der Waals surface area (Å²) in [6.07, 6.45) is 3.27. The van der Waals surface area contributed by atoms with Gasteiger partial charge in [-0.15, -0.1) is 0 Å². The van der Waals surface area contributed by atoms with Crippen molar-refractivity contribution in [3.05, 3.63) is 0 Å². The van der Waals surface area contributed by atoms with Crippen molar-refractivity contribution in [2.45, 2.75) is 52.1 Å². The Morgan fingerprint density at radius 2 is 2.00 bits per heavy atom. The molecule has 1 fully saturated rings. The molecule has 3 nitrogen and oxygen atoms in total. The molecule has 1 saturated carbocycles. The van der Waals surface area contributed by atoms with Crippen molar-refractivity contribution in [1.29, 1.82) is 0 Å². The normalized spacial score (nSPS) is 20.6. The minimum Gasteiger partial charge on any atom is -0.352 e. The molecule has 0 aromatic heterocycles. The van der Waals surface area contributed by atoms with Gasteiger partial charge in [0.05, 0.1) is 6.04 Å². The molecule has 2 atom stereocenters. The summed E-state index contributed by atoms with van der Waals surface area (Å²) < 4.78 is 0. The Labute approximate surface area is 86.4 Å². The third kappa shape index (κ3) is 3.66. The van der Waals surface area contributed by atoms with Crippen LogP contribution in [-0.4, -0.2) is 18.0 Å². The topological polar surface area (TPSA) is 55.1 Å². The van der Waals surface area contributed by atoms with Gasteiger partial charge in [-0.3, -0.25) is 4.79 Å². The van der Waals surface area contributed by atoms with Crippen molar-refractivity contribution in [2.75, 3.05) is 0 Å². The number of amides is 1. The molecule has 1 amide bonds. The van der Waals surface area contributed by atoms with Crippen LogP contribution in [0.15, 0.2) is 0 Å². The zero-order chi connectivity index (χ0) is 10.7. The van der Waals surface area contributed by atoms with Crippen LogP contribution in [0.3, 0.4) is 0 Å². The Kier molecular flexibility index (Phi) is 3.93. The van der Waals surface area contributed by atoms with Crippen LogP contribution in [0.2, 0.25) is 0 Å². The summed E-state index contributed by atoms with van der Waals surface area (Å²) >= 11 is 0. The average Bonchev–Trinajstić information content (AvgIpc) is 2.84. The van der Waals surface area contributed by atoms with E-state index >= 15 is 0 Å². The molecule has 0 aliphatic heterocycles. The van der Waals surface area contributed by atoms with Crippen molar-refractivity contribution >= 4 is 5.91 Å². The third-order valence-corrected chi connectivity index (χ3v) is 2.76. The number of carbonyl (C=O) groups excluding carboxylic acids is 1. The van der Waals surface area contributed by atoms with E-state index in [1.165, 1.54) is 12.8 Å². The van der Waals surface area contributed by atoms with Gasteiger partial charge in [0.15, 0.2) is 0 Å². The average molecular weight is 198 g/mol. The van der Waals surface area contributed by atoms with Crippen LogP contribution >= 0.6 is 0 Å². The van der Waals surface area contributed by atoms with Crippen molar-refractivity contribution in [2.24, 2.45) is 17.6 Å². The number of carbonyl (C=O) groups is 1. The first-order chi connectivity index (χ1) is 6.50. The van der Waals surface area contributed by atoms with E-state index in [0.29, 0.717) is 17.9 Å². The van der Waals surface area contributed by atoms with E-state index in [1.54, 1.807) is 0 Å². The van der Waals surface area contributed by atoms with E-state index in [4.69, 9.17) is 5.73 Å². The van der Waals surface area contributed by atoms with Crippen LogP contribution in [0.25, 0.3) is 0 Å². The SMILES string of the molecule is CC(C)CC(N)C(=O)NC(C)C1CC1. The van der Waals surface area contributed by atoms with Crippen molar-refractivity contribution < 1.29 is 4.79 Å². The van der Waals surface area contributed by atoms with E-state index in [2.05, 4.69) is 26.1 Å². The lowest BCUT2D eigenvalue weighted by Crippen LogP contribution is -2.45. The van der Waals surface area contributed by atoms with Gasteiger partial charge in [0.2, 0.25) is 5.91 Å². The van der Waals surface area contributed by atoms with Gasteiger partial charge >= 0.3 is 0 Å². The summed E-state index contributed by atoms with van der Waals surface area (Å²) in [5.41, 5.74) is 5.77. The van der Waals surface area contributed by atoms with Crippen molar-refractivity contribution in [3.8, 4) is 0 Å². The van der Waals surface area contributed by atoms with E-state index in [9.17, 15) is 4.79 Å². The van der Waals surface area contributed by atoms with Crippen LogP contribution in [0.5, 0.6) is 0 Å². The highest BCUT2D eigenvalue weighted by Crippen LogP contribution is 2.32. The number of hydrogen-bond acceptors (Lipinski definition) is 2. The zero-order valence-corrected chi connectivity index (χ0v) is 9.42. The van der Waals surface area contributed by atoms with Crippen LogP contribution in [-0.2, 0) is 4.79 Å². The van der Waals surface area contributed by atoms with Gasteiger partial charge in [-0.2, -0.15) is 0 Å². The lowest BCUT2D eigenvalue weighted by Gasteiger charge is -2.18. The van der Waals surface area contributed by atoms with Crippen LogP contribution in [0.4, 0.5) is 0 Å². The van der Waals surface area contributed by atoms with Gasteiger partial charge in [-0.25, -0.2) is 0 Å². The molecule has 0 spiro atoms. The molecule has 1 rings (SSSR count). The fraction of sp³-hybridized carbons (Fsp3) is 0.909. The molecule has 1 aliphatic rings. The molecule has 2 unspecified atom stereocenters. The number of nitrogens with one attached hydrogen (secondary N) is 1. The maximum absolute atomic E-state index is 11.6. The molecule has 3 heteroatoms. The van der Waals surface area contributed by atoms with Crippen molar-refractivity contribution in [3.63, 3.8) is 0 Å². The lowest BCUT2D eigenvalue weighted by atomic mass is 10.0. The predicted octanol–water partition coefficient (Wildman–Crippen LogP) is 1.27. The quantitative estimate of drug-likeness (QED) is 0.699. The second-order valence-electron chi connectivity index (χ2n) is 4.87. The number of nitrogens with two attached hydrogens (primary N) is 1. The van der Waals surface area contributed by atoms with E-state index in [1.807, 2.05) is 0 Å². The highest BCUT2D eigenvalue weighted by Gasteiger charge is 2.29. The molecular formula is C11H22N2O. The third-order valence-electron chi connectivity index (χ3n) is 2.76. The Bertz CT molecular complexity index is 199. The minimum atomic E-state index is -0.337. The second kappa shape index (κ2) is 4.78. The van der Waals surface area contributed by atoms with Crippen LogP contribution in [0, 0.1) is 11.8 Å². The first-order valence-electron chi connectivity index (χ1n) is 5.56. The summed E-state index contributed by atoms with van der Waals surface area (Å²) in [5.74, 6) is 1.19. The fourth-order valence-corrected chi connectivity index (χ4v) is 1.66. The standard InChI is InChI=1S/C11H22N2O/c1-7(2)6-10(12)11(14)13-8(3)9-4-5-9/h7-10H,4-6,12H2,1-3H3,(H,13,14). The van der Waals surface area contributed by atoms with E-state index in [0.717, 1.165) is 6.42 Å². The Balaban J connectivity index is 2.25. The summed E-state index contributed by atoms with van der Waals surface area (Å²) in [5, 5.41) is 2.98. The van der Waals surface area contributed by atoms with E-state index < -0.39 is 0 Å². The predicted molar refractivity (Wildman–Crippen MR) is 57.8 cm³/mol. The summed E-state index contributed by atoms with van der Waals surface area (Å²) in [6.45, 7) is 6.23.